The summed E-state index contributed by atoms with van der Waals surface area (Å²) >= 11 is 0. The van der Waals surface area contributed by atoms with Crippen molar-refractivity contribution in [2.75, 3.05) is 0 Å². The molecule has 0 radical (unpaired) electrons. The molecule has 0 spiro atoms. The van der Waals surface area contributed by atoms with Crippen LogP contribution in [0.1, 0.15) is 120 Å². The average molecular weight is 547 g/mol. The molecule has 39 heavy (non-hydrogen) atoms. The zero-order chi connectivity index (χ0) is 28.7. The van der Waals surface area contributed by atoms with Crippen LogP contribution in [0, 0.1) is 75.4 Å². The highest BCUT2D eigenvalue weighted by atomic mass is 16.6. The van der Waals surface area contributed by atoms with Crippen molar-refractivity contribution in [3.8, 4) is 0 Å². The summed E-state index contributed by atoms with van der Waals surface area (Å²) in [5.41, 5.74) is -0.442. The van der Waals surface area contributed by atoms with Gasteiger partial charge in [-0.15, -0.1) is 0 Å². The molecule has 0 aromatic heterocycles. The standard InChI is InChI=1S/C35H62O4/c1-19(2)28-20(3)18-33(7)32(39-27(37)17-24-13-10-11-14-24)34(8)21(4)25-15-12-16-26(36)29(25)31(38)30(34)23(6)35(33,9)22(28)5/h19-32,36-38H,10-18H2,1-9H3/t20?,21?,22?,23?,25?,26?,27?,28?,29?,30?,31?,32?,33-,34-,35+/m1/s1. The molecule has 0 aromatic rings. The Morgan fingerprint density at radius 1 is 0.846 bits per heavy atom. The first-order valence-electron chi connectivity index (χ1n) is 16.9. The lowest BCUT2D eigenvalue weighted by Gasteiger charge is -2.76. The van der Waals surface area contributed by atoms with E-state index in [9.17, 15) is 15.3 Å². The maximum atomic E-state index is 12.3. The van der Waals surface area contributed by atoms with Gasteiger partial charge in [0.25, 0.3) is 0 Å². The monoisotopic (exact) mass is 546 g/mol. The number of aliphatic hydroxyl groups excluding tert-OH is 3. The Morgan fingerprint density at radius 2 is 1.49 bits per heavy atom. The van der Waals surface area contributed by atoms with Gasteiger partial charge in [0.2, 0.25) is 0 Å². The van der Waals surface area contributed by atoms with Gasteiger partial charge in [0, 0.05) is 23.2 Å². The SMILES string of the molecule is CC(C)C1C(C)C[C@]2(C)C(OC(O)CC3CCCC3)[C@]3(C)C(C)C4CCCC(O)C4C(O)C3C(C)[C@]2(C)C1C. The van der Waals surface area contributed by atoms with E-state index in [1.165, 1.54) is 25.7 Å². The fourth-order valence-corrected chi connectivity index (χ4v) is 13.0. The number of hydrogen-bond donors (Lipinski definition) is 3. The van der Waals surface area contributed by atoms with E-state index in [1.807, 2.05) is 0 Å². The fourth-order valence-electron chi connectivity index (χ4n) is 13.0. The molecule has 4 nitrogen and oxygen atoms in total. The molecular formula is C35H62O4. The summed E-state index contributed by atoms with van der Waals surface area (Å²) in [5, 5.41) is 35.2. The van der Waals surface area contributed by atoms with Gasteiger partial charge in [-0.2, -0.15) is 0 Å². The second-order valence-electron chi connectivity index (χ2n) is 16.5. The predicted octanol–water partition coefficient (Wildman–Crippen LogP) is 7.29. The molecule has 5 aliphatic carbocycles. The Labute approximate surface area is 240 Å². The van der Waals surface area contributed by atoms with Crippen LogP contribution in [0.3, 0.4) is 0 Å². The smallest absolute Gasteiger partial charge is 0.155 e. The van der Waals surface area contributed by atoms with Gasteiger partial charge in [-0.05, 0) is 77.9 Å². The highest BCUT2D eigenvalue weighted by Crippen LogP contribution is 2.75. The topological polar surface area (TPSA) is 69.9 Å². The quantitative estimate of drug-likeness (QED) is 0.317. The van der Waals surface area contributed by atoms with Gasteiger partial charge < -0.3 is 20.1 Å². The van der Waals surface area contributed by atoms with Gasteiger partial charge in [0.05, 0.1) is 18.3 Å². The largest absolute Gasteiger partial charge is 0.393 e. The van der Waals surface area contributed by atoms with Crippen molar-refractivity contribution >= 4 is 0 Å². The summed E-state index contributed by atoms with van der Waals surface area (Å²) in [6, 6.07) is 0. The highest BCUT2D eigenvalue weighted by molar-refractivity contribution is 5.22. The zero-order valence-corrected chi connectivity index (χ0v) is 26.7. The Hall–Kier alpha value is -0.160. The summed E-state index contributed by atoms with van der Waals surface area (Å²) < 4.78 is 7.11. The van der Waals surface area contributed by atoms with Crippen molar-refractivity contribution in [3.63, 3.8) is 0 Å². The molecule has 3 N–H and O–H groups in total. The molecule has 5 rings (SSSR count). The molecule has 5 fully saturated rings. The van der Waals surface area contributed by atoms with E-state index in [4.69, 9.17) is 4.74 Å². The number of aliphatic hydroxyl groups is 3. The molecule has 0 saturated heterocycles. The number of ether oxygens (including phenoxy) is 1. The summed E-state index contributed by atoms with van der Waals surface area (Å²) in [6.45, 7) is 22.0. The van der Waals surface area contributed by atoms with Crippen LogP contribution < -0.4 is 0 Å². The van der Waals surface area contributed by atoms with Gasteiger partial charge >= 0.3 is 0 Å². The first kappa shape index (κ1) is 30.3. The molecule has 15 atom stereocenters. The van der Waals surface area contributed by atoms with E-state index in [-0.39, 0.29) is 40.1 Å². The van der Waals surface area contributed by atoms with Crippen molar-refractivity contribution in [2.24, 2.45) is 75.4 Å². The van der Waals surface area contributed by atoms with Crippen LogP contribution in [0.4, 0.5) is 0 Å². The maximum absolute atomic E-state index is 12.3. The summed E-state index contributed by atoms with van der Waals surface area (Å²) in [4.78, 5) is 0. The molecule has 0 amide bonds. The zero-order valence-electron chi connectivity index (χ0n) is 26.7. The molecule has 226 valence electrons. The lowest BCUT2D eigenvalue weighted by atomic mass is 9.30. The van der Waals surface area contributed by atoms with E-state index >= 15 is 0 Å². The Balaban J connectivity index is 1.63. The van der Waals surface area contributed by atoms with Crippen LogP contribution in [0.2, 0.25) is 0 Å². The van der Waals surface area contributed by atoms with Gasteiger partial charge in [-0.1, -0.05) is 94.4 Å². The van der Waals surface area contributed by atoms with Crippen LogP contribution in [-0.4, -0.2) is 39.9 Å². The molecule has 4 heteroatoms. The fraction of sp³-hybridized carbons (Fsp3) is 1.00. The van der Waals surface area contributed by atoms with Gasteiger partial charge in [0.15, 0.2) is 6.29 Å². The van der Waals surface area contributed by atoms with Gasteiger partial charge in [0.1, 0.15) is 0 Å². The summed E-state index contributed by atoms with van der Waals surface area (Å²) in [5.74, 6) is 3.71. The summed E-state index contributed by atoms with van der Waals surface area (Å²) in [7, 11) is 0. The predicted molar refractivity (Wildman–Crippen MR) is 158 cm³/mol. The minimum atomic E-state index is -0.752. The first-order valence-corrected chi connectivity index (χ1v) is 16.9. The average Bonchev–Trinajstić information content (AvgIpc) is 3.36. The third kappa shape index (κ3) is 4.26. The third-order valence-corrected chi connectivity index (χ3v) is 14.9. The summed E-state index contributed by atoms with van der Waals surface area (Å²) in [6.07, 6.45) is 7.87. The van der Waals surface area contributed by atoms with Crippen LogP contribution in [0.15, 0.2) is 0 Å². The van der Waals surface area contributed by atoms with Crippen molar-refractivity contribution in [3.05, 3.63) is 0 Å². The molecule has 0 aliphatic heterocycles. The molecule has 0 bridgehead atoms. The van der Waals surface area contributed by atoms with E-state index in [2.05, 4.69) is 62.3 Å². The van der Waals surface area contributed by atoms with Crippen molar-refractivity contribution in [1.29, 1.82) is 0 Å². The first-order chi connectivity index (χ1) is 18.2. The molecular weight excluding hydrogens is 484 g/mol. The van der Waals surface area contributed by atoms with Crippen LogP contribution >= 0.6 is 0 Å². The minimum Gasteiger partial charge on any atom is -0.393 e. The highest BCUT2D eigenvalue weighted by Gasteiger charge is 2.75. The van der Waals surface area contributed by atoms with Gasteiger partial charge in [-0.3, -0.25) is 0 Å². The number of hydrogen-bond acceptors (Lipinski definition) is 4. The molecule has 0 aromatic carbocycles. The van der Waals surface area contributed by atoms with Gasteiger partial charge in [-0.25, -0.2) is 0 Å². The van der Waals surface area contributed by atoms with Crippen molar-refractivity contribution in [1.82, 2.24) is 0 Å². The van der Waals surface area contributed by atoms with Crippen molar-refractivity contribution < 1.29 is 20.1 Å². The van der Waals surface area contributed by atoms with Crippen LogP contribution in [-0.2, 0) is 4.74 Å². The normalized spacial score (nSPS) is 55.2. The second kappa shape index (κ2) is 10.5. The van der Waals surface area contributed by atoms with E-state index in [0.29, 0.717) is 41.4 Å². The molecule has 5 saturated carbocycles. The van der Waals surface area contributed by atoms with E-state index < -0.39 is 18.5 Å². The molecule has 0 heterocycles. The molecule has 12 unspecified atom stereocenters. The Kier molecular flexibility index (Phi) is 8.18. The van der Waals surface area contributed by atoms with Crippen LogP contribution in [0.5, 0.6) is 0 Å². The van der Waals surface area contributed by atoms with Crippen molar-refractivity contribution in [2.45, 2.75) is 145 Å². The minimum absolute atomic E-state index is 0.0342. The molecule has 5 aliphatic rings. The maximum Gasteiger partial charge on any atom is 0.155 e. The van der Waals surface area contributed by atoms with E-state index in [1.54, 1.807) is 0 Å². The third-order valence-electron chi connectivity index (χ3n) is 14.9. The van der Waals surface area contributed by atoms with E-state index in [0.717, 1.165) is 32.1 Å². The number of rotatable bonds is 5. The lowest BCUT2D eigenvalue weighted by molar-refractivity contribution is -0.351. The second-order valence-corrected chi connectivity index (χ2v) is 16.5. The Bertz CT molecular complexity index is 869. The lowest BCUT2D eigenvalue weighted by Crippen LogP contribution is -2.76. The van der Waals surface area contributed by atoms with Crippen LogP contribution in [0.25, 0.3) is 0 Å². The number of fused-ring (bicyclic) bond motifs is 3. The Morgan fingerprint density at radius 3 is 2.10 bits per heavy atom.